The number of nitrogens with zero attached hydrogens (tertiary/aromatic N) is 3. The molecule has 3 rings (SSSR count). The molecule has 0 fully saturated rings. The summed E-state index contributed by atoms with van der Waals surface area (Å²) in [5, 5.41) is 0. The summed E-state index contributed by atoms with van der Waals surface area (Å²) in [5.74, 6) is 1.22. The Morgan fingerprint density at radius 3 is 3.00 bits per heavy atom. The third kappa shape index (κ3) is 2.15. The molecule has 0 radical (unpaired) electrons. The van der Waals surface area contributed by atoms with Crippen LogP contribution in [0, 0.1) is 0 Å². The zero-order valence-electron chi connectivity index (χ0n) is 10.6. The molecule has 0 atom stereocenters. The van der Waals surface area contributed by atoms with E-state index < -0.39 is 0 Å². The first-order chi connectivity index (χ1) is 9.28. The number of rotatable bonds is 3. The van der Waals surface area contributed by atoms with Crippen molar-refractivity contribution >= 4 is 11.0 Å². The van der Waals surface area contributed by atoms with Crippen LogP contribution >= 0.6 is 0 Å². The van der Waals surface area contributed by atoms with Crippen molar-refractivity contribution in [3.8, 4) is 11.6 Å². The predicted octanol–water partition coefficient (Wildman–Crippen LogP) is 2.22. The van der Waals surface area contributed by atoms with Gasteiger partial charge in [-0.2, -0.15) is 0 Å². The maximum absolute atomic E-state index is 5.80. The molecule has 0 aliphatic heterocycles. The molecule has 5 heteroatoms. The average Bonchev–Trinajstić information content (AvgIpc) is 2.82. The summed E-state index contributed by atoms with van der Waals surface area (Å²) < 4.78 is 7.74. The molecule has 96 valence electrons. The molecule has 0 saturated carbocycles. The van der Waals surface area contributed by atoms with Gasteiger partial charge in [0.1, 0.15) is 5.75 Å². The first kappa shape index (κ1) is 11.7. The van der Waals surface area contributed by atoms with Crippen molar-refractivity contribution in [1.82, 2.24) is 14.5 Å². The van der Waals surface area contributed by atoms with E-state index in [-0.39, 0.29) is 0 Å². The predicted molar refractivity (Wildman–Crippen MR) is 72.9 cm³/mol. The van der Waals surface area contributed by atoms with Crippen molar-refractivity contribution in [2.24, 2.45) is 12.8 Å². The Balaban J connectivity index is 2.00. The van der Waals surface area contributed by atoms with Crippen LogP contribution in [0.1, 0.15) is 5.56 Å². The number of aromatic nitrogens is 3. The second-order valence-electron chi connectivity index (χ2n) is 4.29. The third-order valence-electron chi connectivity index (χ3n) is 2.96. The minimum Gasteiger partial charge on any atom is -0.437 e. The molecular weight excluding hydrogens is 240 g/mol. The van der Waals surface area contributed by atoms with Crippen molar-refractivity contribution in [1.29, 1.82) is 0 Å². The molecular formula is C14H14N4O. The molecule has 0 spiro atoms. The molecule has 0 saturated heterocycles. The van der Waals surface area contributed by atoms with Gasteiger partial charge in [0.25, 0.3) is 0 Å². The number of imidazole rings is 1. The van der Waals surface area contributed by atoms with Crippen LogP contribution in [0.2, 0.25) is 0 Å². The largest absolute Gasteiger partial charge is 0.437 e. The highest BCUT2D eigenvalue weighted by molar-refractivity contribution is 5.80. The number of aryl methyl sites for hydroxylation is 1. The Labute approximate surface area is 110 Å². The zero-order chi connectivity index (χ0) is 13.2. The molecule has 0 aliphatic rings. The number of hydrogen-bond donors (Lipinski definition) is 1. The molecule has 2 heterocycles. The molecule has 0 aliphatic carbocycles. The van der Waals surface area contributed by atoms with Gasteiger partial charge in [0.2, 0.25) is 5.88 Å². The summed E-state index contributed by atoms with van der Waals surface area (Å²) in [6, 6.07) is 9.56. The minimum atomic E-state index is 0.485. The second-order valence-corrected chi connectivity index (χ2v) is 4.29. The lowest BCUT2D eigenvalue weighted by molar-refractivity contribution is 0.467. The maximum atomic E-state index is 5.80. The number of pyridine rings is 1. The van der Waals surface area contributed by atoms with E-state index in [0.29, 0.717) is 18.2 Å². The Hall–Kier alpha value is -2.40. The third-order valence-corrected chi connectivity index (χ3v) is 2.96. The van der Waals surface area contributed by atoms with Crippen LogP contribution in [0.5, 0.6) is 11.6 Å². The van der Waals surface area contributed by atoms with Gasteiger partial charge >= 0.3 is 0 Å². The van der Waals surface area contributed by atoms with Gasteiger partial charge in [0, 0.05) is 19.8 Å². The van der Waals surface area contributed by atoms with Gasteiger partial charge in [-0.3, -0.25) is 0 Å². The van der Waals surface area contributed by atoms with Gasteiger partial charge in [0.05, 0.1) is 11.8 Å². The maximum Gasteiger partial charge on any atom is 0.247 e. The van der Waals surface area contributed by atoms with E-state index in [1.54, 1.807) is 12.5 Å². The molecule has 0 unspecified atom stereocenters. The SMILES string of the molecule is Cn1cnc2c(Oc3cccc(CN)c3)nccc21. The standard InChI is InChI=1S/C14H14N4O/c1-18-9-17-13-12(18)5-6-16-14(13)19-11-4-2-3-10(7-11)8-15/h2-7,9H,8,15H2,1H3. The summed E-state index contributed by atoms with van der Waals surface area (Å²) in [7, 11) is 1.94. The fourth-order valence-corrected chi connectivity index (χ4v) is 1.96. The molecule has 0 amide bonds. The van der Waals surface area contributed by atoms with E-state index in [1.165, 1.54) is 0 Å². The number of hydrogen-bond acceptors (Lipinski definition) is 4. The molecule has 1 aromatic carbocycles. The van der Waals surface area contributed by atoms with Crippen LogP contribution in [0.3, 0.4) is 0 Å². The molecule has 5 nitrogen and oxygen atoms in total. The fraction of sp³-hybridized carbons (Fsp3) is 0.143. The summed E-state index contributed by atoms with van der Waals surface area (Å²) >= 11 is 0. The summed E-state index contributed by atoms with van der Waals surface area (Å²) in [6.45, 7) is 0.485. The van der Waals surface area contributed by atoms with Gasteiger partial charge in [-0.25, -0.2) is 9.97 Å². The van der Waals surface area contributed by atoms with Gasteiger partial charge < -0.3 is 15.0 Å². The van der Waals surface area contributed by atoms with Crippen molar-refractivity contribution in [3.63, 3.8) is 0 Å². The van der Waals surface area contributed by atoms with E-state index >= 15 is 0 Å². The van der Waals surface area contributed by atoms with Crippen LogP contribution in [0.4, 0.5) is 0 Å². The van der Waals surface area contributed by atoms with Gasteiger partial charge in [-0.15, -0.1) is 0 Å². The van der Waals surface area contributed by atoms with E-state index in [2.05, 4.69) is 9.97 Å². The number of benzene rings is 1. The Morgan fingerprint density at radius 1 is 1.26 bits per heavy atom. The van der Waals surface area contributed by atoms with E-state index in [4.69, 9.17) is 10.5 Å². The lowest BCUT2D eigenvalue weighted by Gasteiger charge is -2.06. The average molecular weight is 254 g/mol. The van der Waals surface area contributed by atoms with Crippen LogP contribution in [0.15, 0.2) is 42.9 Å². The highest BCUT2D eigenvalue weighted by atomic mass is 16.5. The summed E-state index contributed by atoms with van der Waals surface area (Å²) in [6.07, 6.45) is 3.46. The fourth-order valence-electron chi connectivity index (χ4n) is 1.96. The monoisotopic (exact) mass is 254 g/mol. The zero-order valence-corrected chi connectivity index (χ0v) is 10.6. The minimum absolute atomic E-state index is 0.485. The topological polar surface area (TPSA) is 66.0 Å². The Morgan fingerprint density at radius 2 is 2.16 bits per heavy atom. The van der Waals surface area contributed by atoms with E-state index in [1.807, 2.05) is 41.9 Å². The van der Waals surface area contributed by atoms with Crippen molar-refractivity contribution < 1.29 is 4.74 Å². The van der Waals surface area contributed by atoms with Crippen LogP contribution in [0.25, 0.3) is 11.0 Å². The van der Waals surface area contributed by atoms with Crippen LogP contribution in [-0.2, 0) is 13.6 Å². The Kier molecular flexibility index (Phi) is 2.89. The van der Waals surface area contributed by atoms with E-state index in [9.17, 15) is 0 Å². The molecule has 19 heavy (non-hydrogen) atoms. The highest BCUT2D eigenvalue weighted by Gasteiger charge is 2.09. The first-order valence-corrected chi connectivity index (χ1v) is 6.01. The quantitative estimate of drug-likeness (QED) is 0.778. The summed E-state index contributed by atoms with van der Waals surface area (Å²) in [4.78, 5) is 8.55. The normalized spacial score (nSPS) is 10.8. The smallest absolute Gasteiger partial charge is 0.247 e. The van der Waals surface area contributed by atoms with Crippen molar-refractivity contribution in [2.75, 3.05) is 0 Å². The van der Waals surface area contributed by atoms with Crippen LogP contribution < -0.4 is 10.5 Å². The molecule has 3 aromatic rings. The Bertz CT molecular complexity index is 720. The second kappa shape index (κ2) is 4.70. The van der Waals surface area contributed by atoms with Crippen molar-refractivity contribution in [2.45, 2.75) is 6.54 Å². The number of nitrogens with two attached hydrogens (primary N) is 1. The molecule has 2 N–H and O–H groups in total. The van der Waals surface area contributed by atoms with Gasteiger partial charge in [0.15, 0.2) is 5.52 Å². The lowest BCUT2D eigenvalue weighted by Crippen LogP contribution is -1.96. The number of fused-ring (bicyclic) bond motifs is 1. The lowest BCUT2D eigenvalue weighted by atomic mass is 10.2. The number of ether oxygens (including phenoxy) is 1. The first-order valence-electron chi connectivity index (χ1n) is 6.01. The molecule has 0 bridgehead atoms. The van der Waals surface area contributed by atoms with E-state index in [0.717, 1.165) is 16.6 Å². The molecule has 2 aromatic heterocycles. The van der Waals surface area contributed by atoms with Crippen LogP contribution in [-0.4, -0.2) is 14.5 Å². The van der Waals surface area contributed by atoms with Gasteiger partial charge in [-0.1, -0.05) is 12.1 Å². The van der Waals surface area contributed by atoms with Crippen molar-refractivity contribution in [3.05, 3.63) is 48.4 Å². The highest BCUT2D eigenvalue weighted by Crippen LogP contribution is 2.26. The van der Waals surface area contributed by atoms with Gasteiger partial charge in [-0.05, 0) is 23.8 Å². The summed E-state index contributed by atoms with van der Waals surface area (Å²) in [5.41, 5.74) is 8.38.